The summed E-state index contributed by atoms with van der Waals surface area (Å²) in [6.45, 7) is 3.90. The lowest BCUT2D eigenvalue weighted by Crippen LogP contribution is -2.13. The lowest BCUT2D eigenvalue weighted by molar-refractivity contribution is -0.139. The summed E-state index contributed by atoms with van der Waals surface area (Å²) in [6.07, 6.45) is 1.02. The molecule has 0 bridgehead atoms. The summed E-state index contributed by atoms with van der Waals surface area (Å²) in [5.74, 6) is -0.559. The number of carbonyl (C=O) groups is 2. The van der Waals surface area contributed by atoms with Gasteiger partial charge in [-0.15, -0.1) is 0 Å². The van der Waals surface area contributed by atoms with Crippen molar-refractivity contribution >= 4 is 12.1 Å². The second-order valence-corrected chi connectivity index (χ2v) is 2.28. The van der Waals surface area contributed by atoms with E-state index in [1.54, 1.807) is 6.92 Å². The van der Waals surface area contributed by atoms with Gasteiger partial charge in [-0.2, -0.15) is 0 Å². The van der Waals surface area contributed by atoms with Crippen molar-refractivity contribution in [2.45, 2.75) is 33.1 Å². The molecule has 4 nitrogen and oxygen atoms in total. The van der Waals surface area contributed by atoms with Crippen LogP contribution in [-0.2, 0) is 14.3 Å². The van der Waals surface area contributed by atoms with Gasteiger partial charge in [0, 0.05) is 6.42 Å². The Morgan fingerprint density at radius 1 is 1.25 bits per heavy atom. The molecule has 0 unspecified atom stereocenters. The molecule has 0 N–H and O–H groups in total. The van der Waals surface area contributed by atoms with E-state index in [1.807, 2.05) is 6.92 Å². The zero-order valence-corrected chi connectivity index (χ0v) is 7.46. The van der Waals surface area contributed by atoms with Gasteiger partial charge in [0.1, 0.15) is 0 Å². The molecule has 0 amide bonds. The number of ether oxygens (including phenoxy) is 2. The van der Waals surface area contributed by atoms with Crippen molar-refractivity contribution in [2.75, 3.05) is 6.61 Å². The molecule has 0 radical (unpaired) electrons. The first kappa shape index (κ1) is 10.9. The largest absolute Gasteiger partial charge is 0.516 e. The Hall–Kier alpha value is -1.06. The first-order valence-electron chi connectivity index (χ1n) is 4.08. The smallest absolute Gasteiger partial charge is 0.434 e. The van der Waals surface area contributed by atoms with E-state index in [4.69, 9.17) is 0 Å². The van der Waals surface area contributed by atoms with Crippen LogP contribution >= 0.6 is 0 Å². The fourth-order valence-electron chi connectivity index (χ4n) is 0.494. The van der Waals surface area contributed by atoms with Crippen molar-refractivity contribution in [3.8, 4) is 0 Å². The Morgan fingerprint density at radius 3 is 2.42 bits per heavy atom. The van der Waals surface area contributed by atoms with Crippen LogP contribution in [0.15, 0.2) is 0 Å². The molecule has 0 heterocycles. The highest BCUT2D eigenvalue weighted by molar-refractivity contribution is 5.81. The average molecular weight is 174 g/mol. The number of hydrogen-bond donors (Lipinski definition) is 0. The average Bonchev–Trinajstić information content (AvgIpc) is 2.05. The van der Waals surface area contributed by atoms with Gasteiger partial charge < -0.3 is 9.47 Å². The maximum atomic E-state index is 10.6. The van der Waals surface area contributed by atoms with E-state index in [2.05, 4.69) is 9.47 Å². The number of unbranched alkanes of at least 4 members (excludes halogenated alkanes) is 1. The van der Waals surface area contributed by atoms with Crippen LogP contribution < -0.4 is 0 Å². The van der Waals surface area contributed by atoms with E-state index in [9.17, 15) is 9.59 Å². The highest BCUT2D eigenvalue weighted by atomic mass is 16.7. The van der Waals surface area contributed by atoms with Gasteiger partial charge >= 0.3 is 12.1 Å². The molecule has 0 spiro atoms. The van der Waals surface area contributed by atoms with E-state index in [0.29, 0.717) is 6.61 Å². The molecule has 0 aromatic rings. The fourth-order valence-corrected chi connectivity index (χ4v) is 0.494. The molecule has 0 atom stereocenters. The third-order valence-electron chi connectivity index (χ3n) is 1.20. The Kier molecular flexibility index (Phi) is 6.05. The zero-order chi connectivity index (χ0) is 9.40. The Balaban J connectivity index is 3.40. The second-order valence-electron chi connectivity index (χ2n) is 2.28. The molecule has 70 valence electrons. The SMILES string of the molecule is CCCCOC(=O)OC(=O)CC. The van der Waals surface area contributed by atoms with E-state index < -0.39 is 12.1 Å². The monoisotopic (exact) mass is 174 g/mol. The summed E-state index contributed by atoms with van der Waals surface area (Å²) in [5.41, 5.74) is 0. The van der Waals surface area contributed by atoms with Gasteiger partial charge in [-0.25, -0.2) is 4.79 Å². The van der Waals surface area contributed by atoms with Crippen molar-refractivity contribution in [3.63, 3.8) is 0 Å². The quantitative estimate of drug-likeness (QED) is 0.371. The van der Waals surface area contributed by atoms with E-state index in [1.165, 1.54) is 0 Å². The first-order valence-corrected chi connectivity index (χ1v) is 4.08. The lowest BCUT2D eigenvalue weighted by atomic mass is 10.4. The lowest BCUT2D eigenvalue weighted by Gasteiger charge is -2.01. The molecule has 0 aliphatic carbocycles. The first-order chi connectivity index (χ1) is 5.70. The molecule has 0 rings (SSSR count). The van der Waals surface area contributed by atoms with Crippen molar-refractivity contribution in [1.82, 2.24) is 0 Å². The van der Waals surface area contributed by atoms with Crippen LogP contribution in [0.25, 0.3) is 0 Å². The van der Waals surface area contributed by atoms with Gasteiger partial charge in [-0.1, -0.05) is 20.3 Å². The van der Waals surface area contributed by atoms with Crippen molar-refractivity contribution in [3.05, 3.63) is 0 Å². The van der Waals surface area contributed by atoms with Gasteiger partial charge in [-0.05, 0) is 6.42 Å². The molecule has 0 aromatic carbocycles. The van der Waals surface area contributed by atoms with Crippen LogP contribution in [0.5, 0.6) is 0 Å². The van der Waals surface area contributed by atoms with Gasteiger partial charge in [0.15, 0.2) is 0 Å². The van der Waals surface area contributed by atoms with Crippen LogP contribution in [-0.4, -0.2) is 18.7 Å². The summed E-state index contributed by atoms with van der Waals surface area (Å²) in [4.78, 5) is 21.2. The Morgan fingerprint density at radius 2 is 1.92 bits per heavy atom. The van der Waals surface area contributed by atoms with Crippen molar-refractivity contribution in [2.24, 2.45) is 0 Å². The van der Waals surface area contributed by atoms with Gasteiger partial charge in [0.05, 0.1) is 6.61 Å². The second kappa shape index (κ2) is 6.64. The standard InChI is InChI=1S/C8H14O4/c1-3-5-6-11-8(10)12-7(9)4-2/h3-6H2,1-2H3. The summed E-state index contributed by atoms with van der Waals surface area (Å²) < 4.78 is 8.82. The minimum atomic E-state index is -0.893. The van der Waals surface area contributed by atoms with Crippen LogP contribution in [0.2, 0.25) is 0 Å². The summed E-state index contributed by atoms with van der Waals surface area (Å²) in [6, 6.07) is 0. The molecule has 0 saturated heterocycles. The number of esters is 1. The predicted octanol–water partition coefficient (Wildman–Crippen LogP) is 1.88. The normalized spacial score (nSPS) is 9.17. The fraction of sp³-hybridized carbons (Fsp3) is 0.750. The van der Waals surface area contributed by atoms with Crippen LogP contribution in [0.4, 0.5) is 4.79 Å². The highest BCUT2D eigenvalue weighted by Gasteiger charge is 2.08. The minimum absolute atomic E-state index is 0.183. The minimum Gasteiger partial charge on any atom is -0.434 e. The third kappa shape index (κ3) is 5.70. The van der Waals surface area contributed by atoms with Gasteiger partial charge in [0.25, 0.3) is 0 Å². The summed E-state index contributed by atoms with van der Waals surface area (Å²) in [7, 11) is 0. The number of hydrogen-bond acceptors (Lipinski definition) is 4. The molecular weight excluding hydrogens is 160 g/mol. The topological polar surface area (TPSA) is 52.6 Å². The molecule has 0 aliphatic rings. The maximum Gasteiger partial charge on any atom is 0.516 e. The molecular formula is C8H14O4. The predicted molar refractivity (Wildman–Crippen MR) is 42.6 cm³/mol. The van der Waals surface area contributed by atoms with Crippen LogP contribution in [0, 0.1) is 0 Å². The number of carbonyl (C=O) groups excluding carboxylic acids is 2. The van der Waals surface area contributed by atoms with Crippen LogP contribution in [0.3, 0.4) is 0 Å². The van der Waals surface area contributed by atoms with E-state index in [0.717, 1.165) is 12.8 Å². The Labute approximate surface area is 71.8 Å². The molecule has 0 aliphatic heterocycles. The zero-order valence-electron chi connectivity index (χ0n) is 7.46. The molecule has 0 aromatic heterocycles. The van der Waals surface area contributed by atoms with Crippen molar-refractivity contribution in [1.29, 1.82) is 0 Å². The van der Waals surface area contributed by atoms with Crippen LogP contribution in [0.1, 0.15) is 33.1 Å². The van der Waals surface area contributed by atoms with Gasteiger partial charge in [0.2, 0.25) is 0 Å². The summed E-state index contributed by atoms with van der Waals surface area (Å²) >= 11 is 0. The maximum absolute atomic E-state index is 10.6. The third-order valence-corrected chi connectivity index (χ3v) is 1.20. The summed E-state index contributed by atoms with van der Waals surface area (Å²) in [5, 5.41) is 0. The van der Waals surface area contributed by atoms with Crippen molar-refractivity contribution < 1.29 is 19.1 Å². The molecule has 12 heavy (non-hydrogen) atoms. The van der Waals surface area contributed by atoms with E-state index in [-0.39, 0.29) is 6.42 Å². The van der Waals surface area contributed by atoms with E-state index >= 15 is 0 Å². The molecule has 0 saturated carbocycles. The van der Waals surface area contributed by atoms with Gasteiger partial charge in [-0.3, -0.25) is 4.79 Å². The molecule has 0 fully saturated rings. The molecule has 4 heteroatoms. The highest BCUT2D eigenvalue weighted by Crippen LogP contribution is 1.93. The number of rotatable bonds is 4. The Bertz CT molecular complexity index is 153.